The van der Waals surface area contributed by atoms with Crippen molar-refractivity contribution < 1.29 is 9.13 Å². The third-order valence-electron chi connectivity index (χ3n) is 0.785. The molecule has 4 heteroatoms. The van der Waals surface area contributed by atoms with Crippen molar-refractivity contribution in [1.82, 2.24) is 9.97 Å². The standard InChI is InChI=1S/C5H4FN2O/c1-9-5-4(6)2-7-3-8-5/h2H,1H3. The number of rotatable bonds is 1. The Labute approximate surface area is 51.5 Å². The zero-order valence-electron chi connectivity index (χ0n) is 4.76. The van der Waals surface area contributed by atoms with E-state index >= 15 is 0 Å². The summed E-state index contributed by atoms with van der Waals surface area (Å²) in [6.07, 6.45) is 3.18. The molecule has 0 saturated heterocycles. The summed E-state index contributed by atoms with van der Waals surface area (Å²) in [4.78, 5) is 6.67. The molecular formula is C5H4FN2O. The van der Waals surface area contributed by atoms with E-state index in [4.69, 9.17) is 0 Å². The minimum absolute atomic E-state index is 0.0787. The quantitative estimate of drug-likeness (QED) is 0.548. The molecule has 0 fully saturated rings. The summed E-state index contributed by atoms with van der Waals surface area (Å²) in [7, 11) is 1.33. The fourth-order valence-electron chi connectivity index (χ4n) is 0.412. The van der Waals surface area contributed by atoms with Gasteiger partial charge in [-0.25, -0.2) is 4.98 Å². The summed E-state index contributed by atoms with van der Waals surface area (Å²) >= 11 is 0. The van der Waals surface area contributed by atoms with Crippen LogP contribution in [-0.2, 0) is 0 Å². The van der Waals surface area contributed by atoms with Gasteiger partial charge < -0.3 is 4.74 Å². The first-order chi connectivity index (χ1) is 4.34. The van der Waals surface area contributed by atoms with Crippen LogP contribution in [0.4, 0.5) is 4.39 Å². The van der Waals surface area contributed by atoms with Crippen molar-refractivity contribution in [3.8, 4) is 5.88 Å². The van der Waals surface area contributed by atoms with Gasteiger partial charge in [0, 0.05) is 0 Å². The van der Waals surface area contributed by atoms with E-state index in [-0.39, 0.29) is 5.88 Å². The Morgan fingerprint density at radius 2 is 2.56 bits per heavy atom. The van der Waals surface area contributed by atoms with Crippen LogP contribution in [-0.4, -0.2) is 17.1 Å². The number of aromatic nitrogens is 2. The Bertz CT molecular complexity index is 204. The van der Waals surface area contributed by atoms with E-state index in [9.17, 15) is 4.39 Å². The molecule has 47 valence electrons. The lowest BCUT2D eigenvalue weighted by Gasteiger charge is -1.94. The molecule has 9 heavy (non-hydrogen) atoms. The first-order valence-electron chi connectivity index (χ1n) is 2.27. The summed E-state index contributed by atoms with van der Waals surface area (Å²) in [5, 5.41) is 0. The zero-order valence-corrected chi connectivity index (χ0v) is 4.76. The zero-order chi connectivity index (χ0) is 6.69. The lowest BCUT2D eigenvalue weighted by molar-refractivity contribution is 0.366. The minimum atomic E-state index is -0.573. The Hall–Kier alpha value is -1.19. The van der Waals surface area contributed by atoms with Gasteiger partial charge in [0.05, 0.1) is 13.3 Å². The highest BCUT2D eigenvalue weighted by Crippen LogP contribution is 2.07. The Kier molecular flexibility index (Phi) is 1.58. The predicted octanol–water partition coefficient (Wildman–Crippen LogP) is 0.424. The van der Waals surface area contributed by atoms with Gasteiger partial charge in [-0.1, -0.05) is 0 Å². The van der Waals surface area contributed by atoms with E-state index < -0.39 is 5.82 Å². The summed E-state index contributed by atoms with van der Waals surface area (Å²) < 4.78 is 16.8. The van der Waals surface area contributed by atoms with E-state index in [1.165, 1.54) is 7.11 Å². The van der Waals surface area contributed by atoms with Crippen LogP contribution >= 0.6 is 0 Å². The molecule has 1 aromatic rings. The maximum Gasteiger partial charge on any atom is 0.253 e. The number of ether oxygens (including phenoxy) is 1. The maximum absolute atomic E-state index is 12.3. The monoisotopic (exact) mass is 127 g/mol. The van der Waals surface area contributed by atoms with Crippen LogP contribution < -0.4 is 4.74 Å². The number of methoxy groups -OCH3 is 1. The predicted molar refractivity (Wildman–Crippen MR) is 27.4 cm³/mol. The number of hydrogen-bond donors (Lipinski definition) is 0. The van der Waals surface area contributed by atoms with E-state index in [1.807, 2.05) is 0 Å². The SMILES string of the molecule is COc1n[c]ncc1F. The fourth-order valence-corrected chi connectivity index (χ4v) is 0.412. The van der Waals surface area contributed by atoms with Gasteiger partial charge in [0.1, 0.15) is 0 Å². The molecule has 3 nitrogen and oxygen atoms in total. The topological polar surface area (TPSA) is 35.0 Å². The third kappa shape index (κ3) is 1.13. The van der Waals surface area contributed by atoms with Crippen molar-refractivity contribution >= 4 is 0 Å². The highest BCUT2D eigenvalue weighted by molar-refractivity contribution is 5.07. The number of nitrogens with zero attached hydrogens (tertiary/aromatic N) is 2. The van der Waals surface area contributed by atoms with Gasteiger partial charge in [-0.2, -0.15) is 9.37 Å². The summed E-state index contributed by atoms with van der Waals surface area (Å²) in [6, 6.07) is 0. The number of hydrogen-bond acceptors (Lipinski definition) is 3. The van der Waals surface area contributed by atoms with E-state index in [0.717, 1.165) is 6.20 Å². The molecule has 1 radical (unpaired) electrons. The van der Waals surface area contributed by atoms with Gasteiger partial charge in [0.2, 0.25) is 12.1 Å². The average molecular weight is 127 g/mol. The molecule has 1 aromatic heterocycles. The molecule has 0 aliphatic heterocycles. The smallest absolute Gasteiger partial charge is 0.253 e. The van der Waals surface area contributed by atoms with Crippen LogP contribution in [0.1, 0.15) is 0 Å². The van der Waals surface area contributed by atoms with Gasteiger partial charge >= 0.3 is 0 Å². The van der Waals surface area contributed by atoms with Crippen molar-refractivity contribution in [3.05, 3.63) is 18.3 Å². The molecule has 0 bridgehead atoms. The highest BCUT2D eigenvalue weighted by atomic mass is 19.1. The van der Waals surface area contributed by atoms with Crippen LogP contribution in [0.3, 0.4) is 0 Å². The molecule has 0 spiro atoms. The van der Waals surface area contributed by atoms with Gasteiger partial charge in [0.25, 0.3) is 5.88 Å². The van der Waals surface area contributed by atoms with Gasteiger partial charge in [-0.3, -0.25) is 0 Å². The summed E-state index contributed by atoms with van der Waals surface area (Å²) in [6.45, 7) is 0. The Balaban J connectivity index is 3.01. The second-order valence-electron chi connectivity index (χ2n) is 1.33. The van der Waals surface area contributed by atoms with Gasteiger partial charge in [0.15, 0.2) is 0 Å². The molecule has 0 unspecified atom stereocenters. The van der Waals surface area contributed by atoms with Crippen LogP contribution in [0, 0.1) is 12.1 Å². The minimum Gasteiger partial charge on any atom is -0.479 e. The average Bonchev–Trinajstić information content (AvgIpc) is 1.89. The largest absolute Gasteiger partial charge is 0.479 e. The van der Waals surface area contributed by atoms with Crippen LogP contribution in [0.5, 0.6) is 5.88 Å². The summed E-state index contributed by atoms with van der Waals surface area (Å²) in [5.41, 5.74) is 0. The molecular weight excluding hydrogens is 123 g/mol. The highest BCUT2D eigenvalue weighted by Gasteiger charge is 1.99. The van der Waals surface area contributed by atoms with Crippen molar-refractivity contribution in [2.45, 2.75) is 0 Å². The van der Waals surface area contributed by atoms with Crippen LogP contribution in [0.25, 0.3) is 0 Å². The maximum atomic E-state index is 12.3. The summed E-state index contributed by atoms with van der Waals surface area (Å²) in [5.74, 6) is -0.652. The molecule has 0 saturated carbocycles. The Morgan fingerprint density at radius 1 is 1.78 bits per heavy atom. The lowest BCUT2D eigenvalue weighted by atomic mass is 10.6. The van der Waals surface area contributed by atoms with Crippen molar-refractivity contribution in [2.75, 3.05) is 7.11 Å². The molecule has 0 aromatic carbocycles. The normalized spacial score (nSPS) is 9.11. The number of halogens is 1. The first kappa shape index (κ1) is 5.94. The Morgan fingerprint density at radius 3 is 3.00 bits per heavy atom. The van der Waals surface area contributed by atoms with Crippen molar-refractivity contribution in [3.63, 3.8) is 0 Å². The molecule has 0 aliphatic rings. The second-order valence-corrected chi connectivity index (χ2v) is 1.33. The molecule has 0 atom stereocenters. The molecule has 1 heterocycles. The molecule has 1 rings (SSSR count). The second kappa shape index (κ2) is 2.39. The van der Waals surface area contributed by atoms with Gasteiger partial charge in [-0.05, 0) is 0 Å². The van der Waals surface area contributed by atoms with E-state index in [0.29, 0.717) is 0 Å². The first-order valence-corrected chi connectivity index (χ1v) is 2.27. The van der Waals surface area contributed by atoms with Gasteiger partial charge in [-0.15, -0.1) is 0 Å². The fraction of sp³-hybridized carbons (Fsp3) is 0.200. The van der Waals surface area contributed by atoms with E-state index in [2.05, 4.69) is 21.0 Å². The van der Waals surface area contributed by atoms with Crippen molar-refractivity contribution in [1.29, 1.82) is 0 Å². The van der Waals surface area contributed by atoms with Crippen LogP contribution in [0.15, 0.2) is 6.20 Å². The third-order valence-corrected chi connectivity index (χ3v) is 0.785. The molecule has 0 aliphatic carbocycles. The lowest BCUT2D eigenvalue weighted by Crippen LogP contribution is -1.91. The van der Waals surface area contributed by atoms with Crippen molar-refractivity contribution in [2.24, 2.45) is 0 Å². The van der Waals surface area contributed by atoms with Crippen LogP contribution in [0.2, 0.25) is 0 Å². The molecule has 0 N–H and O–H groups in total. The van der Waals surface area contributed by atoms with E-state index in [1.54, 1.807) is 0 Å². The molecule has 0 amide bonds.